The number of sulfone groups is 1. The highest BCUT2D eigenvalue weighted by Gasteiger charge is 2.24. The highest BCUT2D eigenvalue weighted by Crippen LogP contribution is 2.28. The van der Waals surface area contributed by atoms with Crippen LogP contribution in [-0.2, 0) is 15.6 Å². The number of ether oxygens (including phenoxy) is 1. The van der Waals surface area contributed by atoms with Crippen LogP contribution < -0.4 is 9.64 Å². The molecule has 1 fully saturated rings. The van der Waals surface area contributed by atoms with Crippen LogP contribution in [0.2, 0.25) is 0 Å². The lowest BCUT2D eigenvalue weighted by atomic mass is 10.2. The van der Waals surface area contributed by atoms with Crippen molar-refractivity contribution in [2.24, 2.45) is 0 Å². The Hall–Kier alpha value is -1.67. The molecular formula is C14H17N3O3S2. The third kappa shape index (κ3) is 3.22. The van der Waals surface area contributed by atoms with Gasteiger partial charge in [-0.1, -0.05) is 23.5 Å². The van der Waals surface area contributed by atoms with E-state index in [9.17, 15) is 8.42 Å². The van der Waals surface area contributed by atoms with Crippen molar-refractivity contribution in [1.29, 1.82) is 0 Å². The fourth-order valence-corrected chi connectivity index (χ4v) is 4.85. The minimum atomic E-state index is -3.48. The van der Waals surface area contributed by atoms with Gasteiger partial charge in [0.1, 0.15) is 5.75 Å². The van der Waals surface area contributed by atoms with Crippen LogP contribution in [-0.4, -0.2) is 38.8 Å². The van der Waals surface area contributed by atoms with Crippen molar-refractivity contribution in [1.82, 2.24) is 10.2 Å². The quantitative estimate of drug-likeness (QED) is 0.831. The Bertz CT molecular complexity index is 752. The molecule has 1 aromatic carbocycles. The van der Waals surface area contributed by atoms with Gasteiger partial charge in [0.15, 0.2) is 0 Å². The van der Waals surface area contributed by atoms with Gasteiger partial charge in [0, 0.05) is 13.1 Å². The van der Waals surface area contributed by atoms with Crippen molar-refractivity contribution in [3.63, 3.8) is 0 Å². The van der Waals surface area contributed by atoms with Crippen LogP contribution in [0.3, 0.4) is 0 Å². The van der Waals surface area contributed by atoms with E-state index in [0.717, 1.165) is 37.3 Å². The Morgan fingerprint density at radius 1 is 1.27 bits per heavy atom. The molecule has 6 nitrogen and oxygen atoms in total. The van der Waals surface area contributed by atoms with Crippen LogP contribution in [0.15, 0.2) is 28.6 Å². The van der Waals surface area contributed by atoms with E-state index in [1.807, 2.05) is 0 Å². The summed E-state index contributed by atoms with van der Waals surface area (Å²) in [5, 5.41) is 8.61. The fourth-order valence-electron chi connectivity index (χ4n) is 2.41. The van der Waals surface area contributed by atoms with Crippen molar-refractivity contribution >= 4 is 26.3 Å². The molecule has 118 valence electrons. The number of hydrogen-bond donors (Lipinski definition) is 0. The Morgan fingerprint density at radius 3 is 2.77 bits per heavy atom. The molecule has 0 amide bonds. The monoisotopic (exact) mass is 339 g/mol. The maximum Gasteiger partial charge on any atom is 0.234 e. The van der Waals surface area contributed by atoms with Crippen molar-refractivity contribution < 1.29 is 13.2 Å². The highest BCUT2D eigenvalue weighted by molar-refractivity contribution is 7.92. The van der Waals surface area contributed by atoms with Crippen LogP contribution in [0.4, 0.5) is 5.13 Å². The number of methoxy groups -OCH3 is 1. The lowest BCUT2D eigenvalue weighted by Crippen LogP contribution is -2.17. The number of benzene rings is 1. The molecule has 0 unspecified atom stereocenters. The van der Waals surface area contributed by atoms with Gasteiger partial charge in [-0.05, 0) is 30.5 Å². The maximum atomic E-state index is 12.5. The van der Waals surface area contributed by atoms with Gasteiger partial charge in [-0.3, -0.25) is 0 Å². The van der Waals surface area contributed by atoms with Crippen molar-refractivity contribution in [2.75, 3.05) is 25.1 Å². The summed E-state index contributed by atoms with van der Waals surface area (Å²) in [6.07, 6.45) is 2.23. The zero-order valence-corrected chi connectivity index (χ0v) is 13.9. The van der Waals surface area contributed by atoms with E-state index in [-0.39, 0.29) is 10.1 Å². The van der Waals surface area contributed by atoms with Gasteiger partial charge in [0.25, 0.3) is 0 Å². The zero-order valence-electron chi connectivity index (χ0n) is 12.2. The summed E-state index contributed by atoms with van der Waals surface area (Å²) in [5.74, 6) is 0.543. The van der Waals surface area contributed by atoms with E-state index in [2.05, 4.69) is 15.1 Å². The predicted molar refractivity (Wildman–Crippen MR) is 85.2 cm³/mol. The van der Waals surface area contributed by atoms with Crippen LogP contribution >= 0.6 is 11.3 Å². The van der Waals surface area contributed by atoms with E-state index in [4.69, 9.17) is 4.74 Å². The fraction of sp³-hybridized carbons (Fsp3) is 0.429. The molecule has 0 aliphatic carbocycles. The SMILES string of the molecule is COc1cccc(CS(=O)(=O)c2nnc(N3CCCC3)s2)c1. The molecule has 8 heteroatoms. The van der Waals surface area contributed by atoms with Gasteiger partial charge in [-0.2, -0.15) is 0 Å². The second kappa shape index (κ2) is 6.21. The van der Waals surface area contributed by atoms with Crippen molar-refractivity contribution in [2.45, 2.75) is 22.9 Å². The molecule has 1 aromatic heterocycles. The predicted octanol–water partition coefficient (Wildman–Crippen LogP) is 2.12. The molecule has 0 atom stereocenters. The molecule has 0 radical (unpaired) electrons. The zero-order chi connectivity index (χ0) is 15.6. The Balaban J connectivity index is 1.80. The van der Waals surface area contributed by atoms with Gasteiger partial charge < -0.3 is 9.64 Å². The average molecular weight is 339 g/mol. The number of nitrogens with zero attached hydrogens (tertiary/aromatic N) is 3. The summed E-state index contributed by atoms with van der Waals surface area (Å²) in [6.45, 7) is 1.84. The molecule has 22 heavy (non-hydrogen) atoms. The second-order valence-electron chi connectivity index (χ2n) is 5.16. The van der Waals surface area contributed by atoms with Gasteiger partial charge in [-0.25, -0.2) is 8.42 Å². The lowest BCUT2D eigenvalue weighted by Gasteiger charge is -2.10. The van der Waals surface area contributed by atoms with Gasteiger partial charge >= 0.3 is 0 Å². The first-order chi connectivity index (χ1) is 10.6. The van der Waals surface area contributed by atoms with E-state index in [0.29, 0.717) is 16.4 Å². The standard InChI is InChI=1S/C14H17N3O3S2/c1-20-12-6-4-5-11(9-12)10-22(18,19)14-16-15-13(21-14)17-7-2-3-8-17/h4-6,9H,2-3,7-8,10H2,1H3. The lowest BCUT2D eigenvalue weighted by molar-refractivity contribution is 0.414. The average Bonchev–Trinajstić information content (AvgIpc) is 3.18. The number of rotatable bonds is 5. The first-order valence-corrected chi connectivity index (χ1v) is 9.49. The molecule has 3 rings (SSSR count). The van der Waals surface area contributed by atoms with Crippen LogP contribution in [0.5, 0.6) is 5.75 Å². The first kappa shape index (κ1) is 15.2. The topological polar surface area (TPSA) is 72.4 Å². The molecule has 0 spiro atoms. The Labute approximate surface area is 133 Å². The molecule has 1 aliphatic heterocycles. The second-order valence-corrected chi connectivity index (χ2v) is 8.27. The third-order valence-electron chi connectivity index (χ3n) is 3.53. The highest BCUT2D eigenvalue weighted by atomic mass is 32.2. The Kier molecular flexibility index (Phi) is 4.30. The molecule has 2 heterocycles. The normalized spacial score (nSPS) is 15.2. The van der Waals surface area contributed by atoms with Gasteiger partial charge in [0.05, 0.1) is 12.9 Å². The number of anilines is 1. The van der Waals surface area contributed by atoms with Crippen molar-refractivity contribution in [3.8, 4) is 5.75 Å². The summed E-state index contributed by atoms with van der Waals surface area (Å²) >= 11 is 1.15. The molecule has 2 aromatic rings. The van der Waals surface area contributed by atoms with Crippen molar-refractivity contribution in [3.05, 3.63) is 29.8 Å². The van der Waals surface area contributed by atoms with Crippen LogP contribution in [0.1, 0.15) is 18.4 Å². The van der Waals surface area contributed by atoms with E-state index < -0.39 is 9.84 Å². The van der Waals surface area contributed by atoms with E-state index in [1.54, 1.807) is 31.4 Å². The minimum absolute atomic E-state index is 0.0808. The summed E-state index contributed by atoms with van der Waals surface area (Å²) in [5.41, 5.74) is 0.678. The Morgan fingerprint density at radius 2 is 2.05 bits per heavy atom. The molecule has 1 saturated heterocycles. The van der Waals surface area contributed by atoms with Gasteiger partial charge in [-0.15, -0.1) is 10.2 Å². The molecule has 0 N–H and O–H groups in total. The van der Waals surface area contributed by atoms with Crippen LogP contribution in [0.25, 0.3) is 0 Å². The summed E-state index contributed by atoms with van der Waals surface area (Å²) < 4.78 is 30.2. The van der Waals surface area contributed by atoms with E-state index in [1.165, 1.54) is 0 Å². The molecule has 1 aliphatic rings. The smallest absolute Gasteiger partial charge is 0.234 e. The number of hydrogen-bond acceptors (Lipinski definition) is 7. The largest absolute Gasteiger partial charge is 0.497 e. The minimum Gasteiger partial charge on any atom is -0.497 e. The molecule has 0 bridgehead atoms. The third-order valence-corrected chi connectivity index (χ3v) is 6.65. The van der Waals surface area contributed by atoms with Crippen LogP contribution in [0, 0.1) is 0 Å². The molecular weight excluding hydrogens is 322 g/mol. The molecule has 0 saturated carbocycles. The van der Waals surface area contributed by atoms with E-state index >= 15 is 0 Å². The number of aromatic nitrogens is 2. The van der Waals surface area contributed by atoms with Gasteiger partial charge in [0.2, 0.25) is 19.3 Å². The summed E-state index contributed by atoms with van der Waals surface area (Å²) in [6, 6.07) is 7.05. The maximum absolute atomic E-state index is 12.5. The summed E-state index contributed by atoms with van der Waals surface area (Å²) in [7, 11) is -1.93. The first-order valence-electron chi connectivity index (χ1n) is 7.02. The summed E-state index contributed by atoms with van der Waals surface area (Å²) in [4.78, 5) is 2.09.